The predicted octanol–water partition coefficient (Wildman–Crippen LogP) is 0.504. The number of hydrogen-bond acceptors (Lipinski definition) is 4. The zero-order valence-electron chi connectivity index (χ0n) is 9.45. The zero-order chi connectivity index (χ0) is 11.5. The van der Waals surface area contributed by atoms with Crippen molar-refractivity contribution in [3.63, 3.8) is 0 Å². The Kier molecular flexibility index (Phi) is 3.24. The van der Waals surface area contributed by atoms with Crippen molar-refractivity contribution in [1.29, 1.82) is 0 Å². The van der Waals surface area contributed by atoms with Gasteiger partial charge in [-0.2, -0.15) is 5.10 Å². The van der Waals surface area contributed by atoms with Crippen molar-refractivity contribution >= 4 is 5.97 Å². The van der Waals surface area contributed by atoms with Crippen molar-refractivity contribution in [2.45, 2.75) is 31.6 Å². The van der Waals surface area contributed by atoms with Crippen LogP contribution in [0.25, 0.3) is 0 Å². The van der Waals surface area contributed by atoms with Gasteiger partial charge >= 0.3 is 5.97 Å². The second kappa shape index (κ2) is 4.65. The minimum absolute atomic E-state index is 0.0226. The molecule has 0 spiro atoms. The van der Waals surface area contributed by atoms with Gasteiger partial charge in [0.2, 0.25) is 0 Å². The van der Waals surface area contributed by atoms with Crippen LogP contribution < -0.4 is 5.73 Å². The fourth-order valence-electron chi connectivity index (χ4n) is 2.26. The van der Waals surface area contributed by atoms with Crippen molar-refractivity contribution in [1.82, 2.24) is 10.2 Å². The van der Waals surface area contributed by atoms with E-state index in [1.54, 1.807) is 0 Å². The molecule has 1 aromatic heterocycles. The van der Waals surface area contributed by atoms with Crippen molar-refractivity contribution in [2.75, 3.05) is 13.7 Å². The molecule has 1 aliphatic carbocycles. The zero-order valence-corrected chi connectivity index (χ0v) is 9.45. The summed E-state index contributed by atoms with van der Waals surface area (Å²) < 4.78 is 4.67. The molecule has 0 saturated heterocycles. The number of rotatable bonds is 4. The minimum atomic E-state index is -0.231. The number of aromatic nitrogens is 2. The minimum Gasteiger partial charge on any atom is -0.469 e. The number of hydrogen-bond donors (Lipinski definition) is 2. The molecule has 1 atom stereocenters. The van der Waals surface area contributed by atoms with Crippen LogP contribution in [0.15, 0.2) is 0 Å². The lowest BCUT2D eigenvalue weighted by Gasteiger charge is -2.12. The van der Waals surface area contributed by atoms with E-state index in [0.29, 0.717) is 13.0 Å². The molecule has 0 saturated carbocycles. The Bertz CT molecular complexity index is 387. The number of ether oxygens (including phenoxy) is 1. The van der Waals surface area contributed by atoms with E-state index in [4.69, 9.17) is 5.73 Å². The topological polar surface area (TPSA) is 81.0 Å². The van der Waals surface area contributed by atoms with E-state index in [2.05, 4.69) is 14.9 Å². The molecule has 0 aliphatic heterocycles. The van der Waals surface area contributed by atoms with Crippen LogP contribution in [0, 0.1) is 0 Å². The smallest absolute Gasteiger partial charge is 0.306 e. The molecule has 3 N–H and O–H groups in total. The lowest BCUT2D eigenvalue weighted by Crippen LogP contribution is -2.18. The van der Waals surface area contributed by atoms with Crippen LogP contribution in [0.4, 0.5) is 0 Å². The quantitative estimate of drug-likeness (QED) is 0.728. The Balaban J connectivity index is 2.17. The molecule has 1 heterocycles. The first kappa shape index (κ1) is 11.1. The number of nitrogens with zero attached hydrogens (tertiary/aromatic N) is 1. The van der Waals surface area contributed by atoms with Crippen LogP contribution >= 0.6 is 0 Å². The summed E-state index contributed by atoms with van der Waals surface area (Å²) in [6.45, 7) is 0.423. The Morgan fingerprint density at radius 1 is 1.62 bits per heavy atom. The summed E-state index contributed by atoms with van der Waals surface area (Å²) in [5.74, 6) is -0.254. The van der Waals surface area contributed by atoms with E-state index in [1.165, 1.54) is 18.4 Å². The second-order valence-corrected chi connectivity index (χ2v) is 4.13. The summed E-state index contributed by atoms with van der Waals surface area (Å²) in [6, 6.07) is 0. The van der Waals surface area contributed by atoms with Crippen LogP contribution in [0.3, 0.4) is 0 Å². The van der Waals surface area contributed by atoms with E-state index >= 15 is 0 Å². The molecule has 1 aromatic rings. The van der Waals surface area contributed by atoms with Gasteiger partial charge in [0.05, 0.1) is 19.2 Å². The summed E-state index contributed by atoms with van der Waals surface area (Å²) in [6.07, 6.45) is 3.56. The monoisotopic (exact) mass is 223 g/mol. The average Bonchev–Trinajstić information content (AvgIpc) is 2.87. The normalized spacial score (nSPS) is 15.9. The third-order valence-corrected chi connectivity index (χ3v) is 3.15. The molecule has 1 unspecified atom stereocenters. The van der Waals surface area contributed by atoms with Gasteiger partial charge in [-0.25, -0.2) is 0 Å². The summed E-state index contributed by atoms with van der Waals surface area (Å²) >= 11 is 0. The number of fused-ring (bicyclic) bond motifs is 1. The fourth-order valence-corrected chi connectivity index (χ4v) is 2.26. The maximum Gasteiger partial charge on any atom is 0.306 e. The standard InChI is InChI=1S/C11H17N3O2/c1-16-10(15)5-7(6-12)11-8-3-2-4-9(8)13-14-11/h7H,2-6,12H2,1H3,(H,13,14). The number of aromatic amines is 1. The van der Waals surface area contributed by atoms with E-state index < -0.39 is 0 Å². The van der Waals surface area contributed by atoms with E-state index in [9.17, 15) is 4.79 Å². The molecule has 0 bridgehead atoms. The number of nitrogens with one attached hydrogen (secondary N) is 1. The van der Waals surface area contributed by atoms with Gasteiger partial charge in [0.1, 0.15) is 0 Å². The van der Waals surface area contributed by atoms with Crippen LogP contribution in [-0.4, -0.2) is 29.8 Å². The SMILES string of the molecule is COC(=O)CC(CN)c1n[nH]c2c1CCC2. The molecule has 5 heteroatoms. The van der Waals surface area contributed by atoms with Crippen LogP contribution in [0.2, 0.25) is 0 Å². The molecule has 2 rings (SSSR count). The number of carbonyl (C=O) groups is 1. The maximum absolute atomic E-state index is 11.3. The summed E-state index contributed by atoms with van der Waals surface area (Å²) in [4.78, 5) is 11.3. The first-order valence-corrected chi connectivity index (χ1v) is 5.59. The molecule has 88 valence electrons. The second-order valence-electron chi connectivity index (χ2n) is 4.13. The van der Waals surface area contributed by atoms with E-state index in [1.807, 2.05) is 0 Å². The van der Waals surface area contributed by atoms with Crippen LogP contribution in [0.5, 0.6) is 0 Å². The highest BCUT2D eigenvalue weighted by Gasteiger charge is 2.25. The van der Waals surface area contributed by atoms with Gasteiger partial charge in [-0.15, -0.1) is 0 Å². The molecule has 5 nitrogen and oxygen atoms in total. The van der Waals surface area contributed by atoms with Gasteiger partial charge in [0.25, 0.3) is 0 Å². The Hall–Kier alpha value is -1.36. The van der Waals surface area contributed by atoms with Crippen LogP contribution in [0.1, 0.15) is 35.7 Å². The van der Waals surface area contributed by atoms with E-state index in [0.717, 1.165) is 25.0 Å². The lowest BCUT2D eigenvalue weighted by molar-refractivity contribution is -0.141. The van der Waals surface area contributed by atoms with Gasteiger partial charge in [-0.1, -0.05) is 0 Å². The molecule has 0 amide bonds. The molecule has 0 radical (unpaired) electrons. The number of carbonyl (C=O) groups excluding carboxylic acids is 1. The largest absolute Gasteiger partial charge is 0.469 e. The fraction of sp³-hybridized carbons (Fsp3) is 0.636. The van der Waals surface area contributed by atoms with Gasteiger partial charge in [0.15, 0.2) is 0 Å². The number of aryl methyl sites for hydroxylation is 1. The van der Waals surface area contributed by atoms with Gasteiger partial charge < -0.3 is 10.5 Å². The molecule has 0 fully saturated rings. The van der Waals surface area contributed by atoms with Gasteiger partial charge in [0, 0.05) is 18.2 Å². The summed E-state index contributed by atoms with van der Waals surface area (Å²) in [5, 5.41) is 7.32. The molecular formula is C11H17N3O2. The van der Waals surface area contributed by atoms with Gasteiger partial charge in [-0.3, -0.25) is 9.89 Å². The third kappa shape index (κ3) is 1.95. The number of nitrogens with two attached hydrogens (primary N) is 1. The maximum atomic E-state index is 11.3. The number of H-pyrrole nitrogens is 1. The first-order valence-electron chi connectivity index (χ1n) is 5.59. The van der Waals surface area contributed by atoms with Crippen molar-refractivity contribution in [3.05, 3.63) is 17.0 Å². The Morgan fingerprint density at radius 2 is 2.44 bits per heavy atom. The van der Waals surface area contributed by atoms with Crippen molar-refractivity contribution < 1.29 is 9.53 Å². The lowest BCUT2D eigenvalue weighted by atomic mass is 9.97. The molecular weight excluding hydrogens is 206 g/mol. The summed E-state index contributed by atoms with van der Waals surface area (Å²) in [5.41, 5.74) is 9.13. The highest BCUT2D eigenvalue weighted by Crippen LogP contribution is 2.29. The first-order chi connectivity index (χ1) is 7.76. The molecule has 0 aromatic carbocycles. The molecule has 1 aliphatic rings. The molecule has 16 heavy (non-hydrogen) atoms. The van der Waals surface area contributed by atoms with Crippen molar-refractivity contribution in [2.24, 2.45) is 5.73 Å². The Morgan fingerprint density at radius 3 is 3.12 bits per heavy atom. The highest BCUT2D eigenvalue weighted by molar-refractivity contribution is 5.70. The Labute approximate surface area is 94.4 Å². The number of methoxy groups -OCH3 is 1. The van der Waals surface area contributed by atoms with E-state index in [-0.39, 0.29) is 11.9 Å². The summed E-state index contributed by atoms with van der Waals surface area (Å²) in [7, 11) is 1.39. The predicted molar refractivity (Wildman–Crippen MR) is 59.0 cm³/mol. The average molecular weight is 223 g/mol. The third-order valence-electron chi connectivity index (χ3n) is 3.15. The highest BCUT2D eigenvalue weighted by atomic mass is 16.5. The van der Waals surface area contributed by atoms with Crippen molar-refractivity contribution in [3.8, 4) is 0 Å². The van der Waals surface area contributed by atoms with Gasteiger partial charge in [-0.05, 0) is 24.8 Å². The van der Waals surface area contributed by atoms with Crippen LogP contribution in [-0.2, 0) is 22.4 Å². The number of esters is 1.